The van der Waals surface area contributed by atoms with Crippen molar-refractivity contribution in [2.45, 2.75) is 19.1 Å². The van der Waals surface area contributed by atoms with Gasteiger partial charge < -0.3 is 10.1 Å². The molecule has 3 heteroatoms. The van der Waals surface area contributed by atoms with Crippen LogP contribution in [0.1, 0.15) is 22.3 Å². The van der Waals surface area contributed by atoms with Gasteiger partial charge >= 0.3 is 0 Å². The van der Waals surface area contributed by atoms with Crippen LogP contribution in [0.25, 0.3) is 10.8 Å². The fourth-order valence-electron chi connectivity index (χ4n) is 3.27. The lowest BCUT2D eigenvalue weighted by atomic mass is 10.0. The number of carbonyl (C=O) groups excluding carboxylic acids is 1. The van der Waals surface area contributed by atoms with Gasteiger partial charge in [0, 0.05) is 19.5 Å². The number of Topliss-reactive ketones (excluding diaryl/α,β-unsaturated/α-hetero) is 1. The van der Waals surface area contributed by atoms with E-state index in [0.29, 0.717) is 24.3 Å². The maximum absolute atomic E-state index is 12.2. The molecule has 1 heterocycles. The molecule has 3 aromatic rings. The van der Waals surface area contributed by atoms with Gasteiger partial charge in [-0.2, -0.15) is 0 Å². The highest BCUT2D eigenvalue weighted by atomic mass is 16.5. The summed E-state index contributed by atoms with van der Waals surface area (Å²) in [6.45, 7) is 1.42. The molecular weight excluding hydrogens is 298 g/mol. The minimum atomic E-state index is -0.109. The highest BCUT2D eigenvalue weighted by molar-refractivity contribution is 5.99. The first-order chi connectivity index (χ1) is 11.8. The second kappa shape index (κ2) is 6.46. The fourth-order valence-corrected chi connectivity index (χ4v) is 3.27. The van der Waals surface area contributed by atoms with E-state index in [4.69, 9.17) is 4.74 Å². The van der Waals surface area contributed by atoms with E-state index >= 15 is 0 Å². The number of para-hydroxylation sites is 1. The topological polar surface area (TPSA) is 38.3 Å². The molecule has 120 valence electrons. The SMILES string of the molecule is O=C1CC(CNCc2cccc3ccccc23)Oc2ccccc21. The molecule has 24 heavy (non-hydrogen) atoms. The number of fused-ring (bicyclic) bond motifs is 2. The minimum Gasteiger partial charge on any atom is -0.488 e. The van der Waals surface area contributed by atoms with Crippen molar-refractivity contribution in [2.75, 3.05) is 6.54 Å². The Balaban J connectivity index is 1.42. The number of hydrogen-bond donors (Lipinski definition) is 1. The van der Waals surface area contributed by atoms with Crippen LogP contribution >= 0.6 is 0 Å². The van der Waals surface area contributed by atoms with E-state index in [-0.39, 0.29) is 11.9 Å². The number of ketones is 1. The first-order valence-corrected chi connectivity index (χ1v) is 8.27. The number of rotatable bonds is 4. The van der Waals surface area contributed by atoms with Crippen molar-refractivity contribution in [2.24, 2.45) is 0 Å². The van der Waals surface area contributed by atoms with Crippen LogP contribution in [0.4, 0.5) is 0 Å². The van der Waals surface area contributed by atoms with Crippen LogP contribution in [0.2, 0.25) is 0 Å². The molecule has 1 N–H and O–H groups in total. The molecule has 0 spiro atoms. The van der Waals surface area contributed by atoms with Gasteiger partial charge in [0.1, 0.15) is 11.9 Å². The smallest absolute Gasteiger partial charge is 0.170 e. The molecule has 0 aromatic heterocycles. The summed E-state index contributed by atoms with van der Waals surface area (Å²) in [6, 6.07) is 22.2. The maximum atomic E-state index is 12.2. The summed E-state index contributed by atoms with van der Waals surface area (Å²) >= 11 is 0. The van der Waals surface area contributed by atoms with Gasteiger partial charge in [0.15, 0.2) is 5.78 Å². The summed E-state index contributed by atoms with van der Waals surface area (Å²) < 4.78 is 5.94. The third-order valence-corrected chi connectivity index (χ3v) is 4.46. The molecule has 4 rings (SSSR count). The van der Waals surface area contributed by atoms with Gasteiger partial charge in [-0.1, -0.05) is 54.6 Å². The van der Waals surface area contributed by atoms with Gasteiger partial charge in [0.05, 0.1) is 5.56 Å². The normalized spacial score (nSPS) is 16.7. The molecule has 3 nitrogen and oxygen atoms in total. The van der Waals surface area contributed by atoms with Gasteiger partial charge in [-0.3, -0.25) is 4.79 Å². The number of benzene rings is 3. The predicted molar refractivity (Wildman–Crippen MR) is 95.5 cm³/mol. The second-order valence-corrected chi connectivity index (χ2v) is 6.13. The van der Waals surface area contributed by atoms with E-state index < -0.39 is 0 Å². The Hall–Kier alpha value is -2.65. The zero-order valence-electron chi connectivity index (χ0n) is 13.4. The third kappa shape index (κ3) is 2.91. The summed E-state index contributed by atoms with van der Waals surface area (Å²) in [5.41, 5.74) is 1.96. The highest BCUT2D eigenvalue weighted by Crippen LogP contribution is 2.27. The summed E-state index contributed by atoms with van der Waals surface area (Å²) in [7, 11) is 0. The number of hydrogen-bond acceptors (Lipinski definition) is 3. The number of ether oxygens (including phenoxy) is 1. The summed E-state index contributed by atoms with van der Waals surface area (Å²) in [5.74, 6) is 0.861. The molecule has 0 saturated carbocycles. The molecular formula is C21H19NO2. The lowest BCUT2D eigenvalue weighted by Gasteiger charge is -2.25. The molecule has 1 atom stereocenters. The van der Waals surface area contributed by atoms with Crippen molar-refractivity contribution in [3.05, 3.63) is 77.9 Å². The average molecular weight is 317 g/mol. The Labute approximate surface area is 141 Å². The Morgan fingerprint density at radius 2 is 1.75 bits per heavy atom. The van der Waals surface area contributed by atoms with Crippen molar-refractivity contribution in [1.29, 1.82) is 0 Å². The van der Waals surface area contributed by atoms with Crippen molar-refractivity contribution >= 4 is 16.6 Å². The highest BCUT2D eigenvalue weighted by Gasteiger charge is 2.25. The number of nitrogens with one attached hydrogen (secondary N) is 1. The van der Waals surface area contributed by atoms with Crippen LogP contribution in [0.3, 0.4) is 0 Å². The quantitative estimate of drug-likeness (QED) is 0.791. The van der Waals surface area contributed by atoms with E-state index in [9.17, 15) is 4.79 Å². The maximum Gasteiger partial charge on any atom is 0.170 e. The molecule has 0 bridgehead atoms. The number of carbonyl (C=O) groups is 1. The lowest BCUT2D eigenvalue weighted by molar-refractivity contribution is 0.0849. The molecule has 1 unspecified atom stereocenters. The zero-order chi connectivity index (χ0) is 16.4. The van der Waals surface area contributed by atoms with Crippen molar-refractivity contribution < 1.29 is 9.53 Å². The van der Waals surface area contributed by atoms with E-state index in [2.05, 4.69) is 47.8 Å². The molecule has 1 aliphatic heterocycles. The van der Waals surface area contributed by atoms with Crippen molar-refractivity contribution in [1.82, 2.24) is 5.32 Å². The lowest BCUT2D eigenvalue weighted by Crippen LogP contribution is -2.36. The molecule has 1 aliphatic rings. The van der Waals surface area contributed by atoms with Gasteiger partial charge in [-0.05, 0) is 28.5 Å². The predicted octanol–water partition coefficient (Wildman–Crippen LogP) is 3.96. The molecule has 3 aromatic carbocycles. The average Bonchev–Trinajstić information content (AvgIpc) is 2.62. The van der Waals surface area contributed by atoms with Gasteiger partial charge in [-0.15, -0.1) is 0 Å². The van der Waals surface area contributed by atoms with Crippen molar-refractivity contribution in [3.8, 4) is 5.75 Å². The largest absolute Gasteiger partial charge is 0.488 e. The molecule has 0 amide bonds. The van der Waals surface area contributed by atoms with Crippen LogP contribution in [0.15, 0.2) is 66.7 Å². The van der Waals surface area contributed by atoms with Gasteiger partial charge in [-0.25, -0.2) is 0 Å². The Morgan fingerprint density at radius 1 is 0.958 bits per heavy atom. The van der Waals surface area contributed by atoms with Crippen molar-refractivity contribution in [3.63, 3.8) is 0 Å². The Kier molecular flexibility index (Phi) is 4.01. The van der Waals surface area contributed by atoms with Crippen LogP contribution < -0.4 is 10.1 Å². The first-order valence-electron chi connectivity index (χ1n) is 8.27. The Morgan fingerprint density at radius 3 is 2.71 bits per heavy atom. The van der Waals surface area contributed by atoms with E-state index in [1.54, 1.807) is 0 Å². The zero-order valence-corrected chi connectivity index (χ0v) is 13.4. The molecule has 0 saturated heterocycles. The second-order valence-electron chi connectivity index (χ2n) is 6.13. The van der Waals surface area contributed by atoms with Gasteiger partial charge in [0.2, 0.25) is 0 Å². The third-order valence-electron chi connectivity index (χ3n) is 4.46. The van der Waals surface area contributed by atoms with E-state index in [1.165, 1.54) is 16.3 Å². The van der Waals surface area contributed by atoms with Crippen LogP contribution in [-0.4, -0.2) is 18.4 Å². The molecule has 0 aliphatic carbocycles. The van der Waals surface area contributed by atoms with Crippen LogP contribution in [0.5, 0.6) is 5.75 Å². The summed E-state index contributed by atoms with van der Waals surface area (Å²) in [5, 5.41) is 5.95. The summed E-state index contributed by atoms with van der Waals surface area (Å²) in [4.78, 5) is 12.2. The van der Waals surface area contributed by atoms with Gasteiger partial charge in [0.25, 0.3) is 0 Å². The van der Waals surface area contributed by atoms with E-state index in [0.717, 1.165) is 6.54 Å². The monoisotopic (exact) mass is 317 g/mol. The minimum absolute atomic E-state index is 0.109. The molecule has 0 fully saturated rings. The standard InChI is InChI=1S/C21H19NO2/c23-20-12-17(24-21-11-4-3-10-19(20)21)14-22-13-16-8-5-7-15-6-1-2-9-18(15)16/h1-11,17,22H,12-14H2. The summed E-state index contributed by atoms with van der Waals surface area (Å²) in [6.07, 6.45) is 0.321. The van der Waals surface area contributed by atoms with Crippen LogP contribution in [0, 0.1) is 0 Å². The molecule has 0 radical (unpaired) electrons. The fraction of sp³-hybridized carbons (Fsp3) is 0.190. The van der Waals surface area contributed by atoms with Crippen LogP contribution in [-0.2, 0) is 6.54 Å². The Bertz CT molecular complexity index is 882. The first kappa shape index (κ1) is 14.9. The van der Waals surface area contributed by atoms with E-state index in [1.807, 2.05) is 24.3 Å².